The van der Waals surface area contributed by atoms with Gasteiger partial charge in [-0.2, -0.15) is 0 Å². The van der Waals surface area contributed by atoms with Crippen LogP contribution >= 0.6 is 27.5 Å². The lowest BCUT2D eigenvalue weighted by atomic mass is 10.1. The van der Waals surface area contributed by atoms with Crippen LogP contribution in [0.3, 0.4) is 0 Å². The highest BCUT2D eigenvalue weighted by molar-refractivity contribution is 9.10. The second-order valence-electron chi connectivity index (χ2n) is 4.55. The van der Waals surface area contributed by atoms with E-state index in [9.17, 15) is 4.79 Å². The van der Waals surface area contributed by atoms with Crippen molar-refractivity contribution in [3.8, 4) is 0 Å². The zero-order valence-electron chi connectivity index (χ0n) is 11.1. The smallest absolute Gasteiger partial charge is 0.255 e. The van der Waals surface area contributed by atoms with Crippen LogP contribution in [0.15, 0.2) is 34.8 Å². The second kappa shape index (κ2) is 5.85. The molecule has 0 atom stereocenters. The second-order valence-corrected chi connectivity index (χ2v) is 5.82. The molecule has 2 rings (SSSR count). The first-order valence-electron chi connectivity index (χ1n) is 6.02. The number of nitrogens with one attached hydrogen (secondary N) is 1. The van der Waals surface area contributed by atoms with Gasteiger partial charge in [0.05, 0.1) is 5.02 Å². The van der Waals surface area contributed by atoms with E-state index in [0.717, 1.165) is 16.8 Å². The van der Waals surface area contributed by atoms with Crippen molar-refractivity contribution in [1.82, 2.24) is 0 Å². The maximum atomic E-state index is 12.3. The first-order chi connectivity index (χ1) is 9.40. The van der Waals surface area contributed by atoms with Crippen molar-refractivity contribution < 1.29 is 4.79 Å². The molecule has 0 fully saturated rings. The number of amides is 1. The molecule has 5 heteroatoms. The quantitative estimate of drug-likeness (QED) is 0.778. The van der Waals surface area contributed by atoms with Gasteiger partial charge in [-0.25, -0.2) is 0 Å². The van der Waals surface area contributed by atoms with Crippen molar-refractivity contribution in [3.05, 3.63) is 56.5 Å². The molecule has 0 bridgehead atoms. The van der Waals surface area contributed by atoms with E-state index in [1.54, 1.807) is 18.2 Å². The molecule has 0 heterocycles. The summed E-state index contributed by atoms with van der Waals surface area (Å²) in [5.74, 6) is -0.195. The third kappa shape index (κ3) is 2.97. The average molecular weight is 354 g/mol. The molecule has 0 aliphatic heterocycles. The monoisotopic (exact) mass is 352 g/mol. The third-order valence-electron chi connectivity index (χ3n) is 3.14. The predicted molar refractivity (Wildman–Crippen MR) is 87.4 cm³/mol. The Morgan fingerprint density at radius 1 is 1.25 bits per heavy atom. The molecule has 0 aliphatic carbocycles. The van der Waals surface area contributed by atoms with Crippen molar-refractivity contribution in [2.75, 3.05) is 11.1 Å². The lowest BCUT2D eigenvalue weighted by Gasteiger charge is -2.13. The summed E-state index contributed by atoms with van der Waals surface area (Å²) in [5, 5.41) is 3.47. The molecule has 0 aliphatic rings. The highest BCUT2D eigenvalue weighted by Crippen LogP contribution is 2.27. The fourth-order valence-corrected chi connectivity index (χ4v) is 2.37. The topological polar surface area (TPSA) is 55.1 Å². The van der Waals surface area contributed by atoms with Gasteiger partial charge >= 0.3 is 0 Å². The highest BCUT2D eigenvalue weighted by Gasteiger charge is 2.12. The van der Waals surface area contributed by atoms with E-state index in [0.29, 0.717) is 20.7 Å². The lowest BCUT2D eigenvalue weighted by Crippen LogP contribution is -2.14. The first kappa shape index (κ1) is 14.9. The van der Waals surface area contributed by atoms with Gasteiger partial charge < -0.3 is 11.1 Å². The van der Waals surface area contributed by atoms with Crippen molar-refractivity contribution in [1.29, 1.82) is 0 Å². The standard InChI is InChI=1S/C15H14BrClN2O/c1-8-3-6-13(18)9(2)14(8)19-15(20)10-4-5-12(17)11(16)7-10/h3-7H,18H2,1-2H3,(H,19,20). The number of nitrogens with two attached hydrogens (primary N) is 1. The van der Waals surface area contributed by atoms with Crippen LogP contribution in [0, 0.1) is 13.8 Å². The lowest BCUT2D eigenvalue weighted by molar-refractivity contribution is 0.102. The first-order valence-corrected chi connectivity index (χ1v) is 7.19. The number of benzene rings is 2. The van der Waals surface area contributed by atoms with Crippen molar-refractivity contribution in [3.63, 3.8) is 0 Å². The maximum absolute atomic E-state index is 12.3. The SMILES string of the molecule is Cc1ccc(N)c(C)c1NC(=O)c1ccc(Cl)c(Br)c1. The minimum absolute atomic E-state index is 0.195. The Kier molecular flexibility index (Phi) is 4.35. The number of rotatable bonds is 2. The molecular formula is C15H14BrClN2O. The van der Waals surface area contributed by atoms with E-state index < -0.39 is 0 Å². The molecule has 0 radical (unpaired) electrons. The van der Waals surface area contributed by atoms with Crippen LogP contribution in [0.4, 0.5) is 11.4 Å². The van der Waals surface area contributed by atoms with Gasteiger partial charge in [-0.1, -0.05) is 17.7 Å². The van der Waals surface area contributed by atoms with E-state index in [-0.39, 0.29) is 5.91 Å². The number of anilines is 2. The van der Waals surface area contributed by atoms with Gasteiger partial charge in [-0.15, -0.1) is 0 Å². The van der Waals surface area contributed by atoms with Crippen LogP contribution in [-0.2, 0) is 0 Å². The molecule has 104 valence electrons. The summed E-state index contributed by atoms with van der Waals surface area (Å²) in [5.41, 5.74) is 9.65. The average Bonchev–Trinajstić information content (AvgIpc) is 2.42. The number of nitrogen functional groups attached to an aromatic ring is 1. The third-order valence-corrected chi connectivity index (χ3v) is 4.35. The number of carbonyl (C=O) groups excluding carboxylic acids is 1. The van der Waals surface area contributed by atoms with Gasteiger partial charge in [0, 0.05) is 21.4 Å². The van der Waals surface area contributed by atoms with Gasteiger partial charge in [-0.05, 0) is 65.2 Å². The van der Waals surface area contributed by atoms with Crippen molar-refractivity contribution in [2.24, 2.45) is 0 Å². The number of hydrogen-bond acceptors (Lipinski definition) is 2. The molecule has 3 nitrogen and oxygen atoms in total. The van der Waals surface area contributed by atoms with E-state index in [2.05, 4.69) is 21.2 Å². The maximum Gasteiger partial charge on any atom is 0.255 e. The van der Waals surface area contributed by atoms with Crippen molar-refractivity contribution >= 4 is 44.8 Å². The highest BCUT2D eigenvalue weighted by atomic mass is 79.9. The van der Waals surface area contributed by atoms with Gasteiger partial charge in [0.2, 0.25) is 0 Å². The Morgan fingerprint density at radius 3 is 2.60 bits per heavy atom. The van der Waals surface area contributed by atoms with Gasteiger partial charge in [-0.3, -0.25) is 4.79 Å². The predicted octanol–water partition coefficient (Wildman–Crippen LogP) is 4.55. The van der Waals surface area contributed by atoms with Crippen LogP contribution in [0.2, 0.25) is 5.02 Å². The minimum Gasteiger partial charge on any atom is -0.398 e. The summed E-state index contributed by atoms with van der Waals surface area (Å²) < 4.78 is 0.688. The van der Waals surface area contributed by atoms with E-state index in [4.69, 9.17) is 17.3 Å². The number of carbonyl (C=O) groups is 1. The van der Waals surface area contributed by atoms with Crippen LogP contribution in [-0.4, -0.2) is 5.91 Å². The Morgan fingerprint density at radius 2 is 1.95 bits per heavy atom. The normalized spacial score (nSPS) is 10.4. The number of halogens is 2. The van der Waals surface area contributed by atoms with Crippen LogP contribution < -0.4 is 11.1 Å². The van der Waals surface area contributed by atoms with Crippen LogP contribution in [0.5, 0.6) is 0 Å². The summed E-state index contributed by atoms with van der Waals surface area (Å²) in [6.07, 6.45) is 0. The Hall–Kier alpha value is -1.52. The Balaban J connectivity index is 2.32. The number of hydrogen-bond donors (Lipinski definition) is 2. The largest absolute Gasteiger partial charge is 0.398 e. The van der Waals surface area contributed by atoms with Gasteiger partial charge in [0.1, 0.15) is 0 Å². The molecule has 2 aromatic rings. The number of aryl methyl sites for hydroxylation is 1. The Labute approximate surface area is 131 Å². The molecular weight excluding hydrogens is 340 g/mol. The van der Waals surface area contributed by atoms with Gasteiger partial charge in [0.25, 0.3) is 5.91 Å². The molecule has 0 unspecified atom stereocenters. The summed E-state index contributed by atoms with van der Waals surface area (Å²) in [4.78, 5) is 12.3. The summed E-state index contributed by atoms with van der Waals surface area (Å²) in [6.45, 7) is 3.82. The van der Waals surface area contributed by atoms with Crippen LogP contribution in [0.1, 0.15) is 21.5 Å². The van der Waals surface area contributed by atoms with Gasteiger partial charge in [0.15, 0.2) is 0 Å². The van der Waals surface area contributed by atoms with E-state index >= 15 is 0 Å². The summed E-state index contributed by atoms with van der Waals surface area (Å²) in [7, 11) is 0. The van der Waals surface area contributed by atoms with E-state index in [1.165, 1.54) is 0 Å². The molecule has 2 aromatic carbocycles. The Bertz CT molecular complexity index is 686. The molecule has 0 spiro atoms. The molecule has 20 heavy (non-hydrogen) atoms. The summed E-state index contributed by atoms with van der Waals surface area (Å²) in [6, 6.07) is 8.77. The molecule has 3 N–H and O–H groups in total. The zero-order valence-corrected chi connectivity index (χ0v) is 13.5. The fourth-order valence-electron chi connectivity index (χ4n) is 1.88. The van der Waals surface area contributed by atoms with Crippen LogP contribution in [0.25, 0.3) is 0 Å². The molecule has 0 saturated heterocycles. The minimum atomic E-state index is -0.195. The molecule has 1 amide bonds. The van der Waals surface area contributed by atoms with Crippen molar-refractivity contribution in [2.45, 2.75) is 13.8 Å². The molecule has 0 saturated carbocycles. The van der Waals surface area contributed by atoms with E-state index in [1.807, 2.05) is 26.0 Å². The zero-order chi connectivity index (χ0) is 14.9. The fraction of sp³-hybridized carbons (Fsp3) is 0.133. The molecule has 0 aromatic heterocycles. The summed E-state index contributed by atoms with van der Waals surface area (Å²) >= 11 is 9.23.